The van der Waals surface area contributed by atoms with Crippen molar-refractivity contribution >= 4 is 33.4 Å². The molecule has 0 spiro atoms. The summed E-state index contributed by atoms with van der Waals surface area (Å²) in [6.07, 6.45) is 3.60. The third kappa shape index (κ3) is 5.87. The van der Waals surface area contributed by atoms with Gasteiger partial charge in [0.2, 0.25) is 5.91 Å². The Bertz CT molecular complexity index is 367. The van der Waals surface area contributed by atoms with Gasteiger partial charge in [-0.1, -0.05) is 34.5 Å². The van der Waals surface area contributed by atoms with Crippen molar-refractivity contribution < 1.29 is 4.79 Å². The number of benzene rings is 1. The first kappa shape index (κ1) is 15.5. The molecule has 4 heteroatoms. The fourth-order valence-corrected chi connectivity index (χ4v) is 2.11. The van der Waals surface area contributed by atoms with Crippen LogP contribution in [0, 0.1) is 0 Å². The molecule has 0 unspecified atom stereocenters. The van der Waals surface area contributed by atoms with E-state index in [1.54, 1.807) is 4.90 Å². The molecular weight excluding hydrogens is 314 g/mol. The Morgan fingerprint density at radius 1 is 1.22 bits per heavy atom. The molecule has 100 valence electrons. The lowest BCUT2D eigenvalue weighted by Gasteiger charge is -2.17. The Balaban J connectivity index is 2.33. The molecule has 1 aromatic carbocycles. The number of amides is 1. The van der Waals surface area contributed by atoms with Crippen LogP contribution in [-0.2, 0) is 11.2 Å². The average Bonchev–Trinajstić information content (AvgIpc) is 2.37. The fourth-order valence-electron chi connectivity index (χ4n) is 1.66. The maximum atomic E-state index is 11.9. The van der Waals surface area contributed by atoms with Crippen LogP contribution < -0.4 is 0 Å². The first-order valence-corrected chi connectivity index (χ1v) is 7.50. The van der Waals surface area contributed by atoms with Crippen LogP contribution in [0.1, 0.15) is 24.8 Å². The fraction of sp³-hybridized carbons (Fsp3) is 0.500. The van der Waals surface area contributed by atoms with Gasteiger partial charge in [-0.05, 0) is 30.5 Å². The lowest BCUT2D eigenvalue weighted by molar-refractivity contribution is -0.129. The lowest BCUT2D eigenvalue weighted by atomic mass is 10.1. The number of alkyl halides is 1. The maximum Gasteiger partial charge on any atom is 0.226 e. The van der Waals surface area contributed by atoms with Crippen molar-refractivity contribution in [3.8, 4) is 0 Å². The molecule has 18 heavy (non-hydrogen) atoms. The van der Waals surface area contributed by atoms with E-state index in [2.05, 4.69) is 15.9 Å². The number of nitrogens with zero attached hydrogens (tertiary/aromatic N) is 1. The van der Waals surface area contributed by atoms with Gasteiger partial charge in [0, 0.05) is 23.9 Å². The van der Waals surface area contributed by atoms with Crippen molar-refractivity contribution in [2.24, 2.45) is 0 Å². The molecule has 0 bridgehead atoms. The molecule has 0 aliphatic heterocycles. The van der Waals surface area contributed by atoms with Crippen LogP contribution in [0.3, 0.4) is 0 Å². The molecule has 0 aliphatic rings. The van der Waals surface area contributed by atoms with Crippen LogP contribution in [-0.4, -0.2) is 30.3 Å². The normalized spacial score (nSPS) is 10.4. The lowest BCUT2D eigenvalue weighted by Crippen LogP contribution is -2.29. The van der Waals surface area contributed by atoms with E-state index in [4.69, 9.17) is 11.6 Å². The number of hydrogen-bond donors (Lipinski definition) is 0. The minimum atomic E-state index is 0.170. The quantitative estimate of drug-likeness (QED) is 0.548. The molecular formula is C14H19BrClNO. The predicted octanol–water partition coefficient (Wildman–Crippen LogP) is 3.86. The van der Waals surface area contributed by atoms with E-state index >= 15 is 0 Å². The summed E-state index contributed by atoms with van der Waals surface area (Å²) in [6.45, 7) is 0.812. The number of unbranched alkanes of at least 4 members (excludes halogenated alkanes) is 2. The molecule has 1 aromatic rings. The minimum absolute atomic E-state index is 0.170. The van der Waals surface area contributed by atoms with Crippen molar-refractivity contribution in [2.75, 3.05) is 19.5 Å². The molecule has 0 N–H and O–H groups in total. The van der Waals surface area contributed by atoms with E-state index in [1.807, 2.05) is 31.3 Å². The summed E-state index contributed by atoms with van der Waals surface area (Å²) in [5.41, 5.74) is 1.05. The predicted molar refractivity (Wildman–Crippen MR) is 80.1 cm³/mol. The van der Waals surface area contributed by atoms with Gasteiger partial charge >= 0.3 is 0 Å². The highest BCUT2D eigenvalue weighted by Crippen LogP contribution is 2.11. The molecule has 0 heterocycles. The Morgan fingerprint density at radius 3 is 2.50 bits per heavy atom. The second-order valence-electron chi connectivity index (χ2n) is 4.37. The monoisotopic (exact) mass is 331 g/mol. The summed E-state index contributed by atoms with van der Waals surface area (Å²) in [6, 6.07) is 7.87. The topological polar surface area (TPSA) is 20.3 Å². The van der Waals surface area contributed by atoms with Gasteiger partial charge < -0.3 is 4.90 Å². The molecule has 0 saturated carbocycles. The Hall–Kier alpha value is -0.540. The largest absolute Gasteiger partial charge is 0.345 e. The first-order valence-electron chi connectivity index (χ1n) is 6.18. The molecule has 1 amide bonds. The van der Waals surface area contributed by atoms with Crippen molar-refractivity contribution in [3.05, 3.63) is 34.3 Å². The van der Waals surface area contributed by atoms with Crippen molar-refractivity contribution in [1.82, 2.24) is 4.90 Å². The van der Waals surface area contributed by atoms with Gasteiger partial charge in [-0.3, -0.25) is 4.79 Å². The SMILES string of the molecule is CN(CCCCCCl)C(=O)Cc1ccc(Br)cc1. The van der Waals surface area contributed by atoms with E-state index in [0.717, 1.165) is 35.8 Å². The zero-order chi connectivity index (χ0) is 13.4. The van der Waals surface area contributed by atoms with Crippen LogP contribution in [0.4, 0.5) is 0 Å². The zero-order valence-electron chi connectivity index (χ0n) is 10.7. The van der Waals surface area contributed by atoms with Crippen LogP contribution in [0.15, 0.2) is 28.7 Å². The second-order valence-corrected chi connectivity index (χ2v) is 5.66. The van der Waals surface area contributed by atoms with Crippen molar-refractivity contribution in [1.29, 1.82) is 0 Å². The first-order chi connectivity index (χ1) is 8.63. The number of halogens is 2. The summed E-state index contributed by atoms with van der Waals surface area (Å²) in [5, 5.41) is 0. The molecule has 0 saturated heterocycles. The number of carbonyl (C=O) groups excluding carboxylic acids is 1. The van der Waals surface area contributed by atoms with Crippen LogP contribution in [0.25, 0.3) is 0 Å². The highest BCUT2D eigenvalue weighted by Gasteiger charge is 2.08. The Labute approximate surface area is 122 Å². The van der Waals surface area contributed by atoms with Gasteiger partial charge in [0.05, 0.1) is 6.42 Å². The van der Waals surface area contributed by atoms with Gasteiger partial charge in [-0.15, -0.1) is 11.6 Å². The number of carbonyl (C=O) groups is 1. The highest BCUT2D eigenvalue weighted by molar-refractivity contribution is 9.10. The van der Waals surface area contributed by atoms with E-state index in [1.165, 1.54) is 0 Å². The van der Waals surface area contributed by atoms with Crippen LogP contribution in [0.2, 0.25) is 0 Å². The molecule has 0 fully saturated rings. The smallest absolute Gasteiger partial charge is 0.226 e. The third-order valence-electron chi connectivity index (χ3n) is 2.82. The molecule has 0 radical (unpaired) electrons. The molecule has 2 nitrogen and oxygen atoms in total. The van der Waals surface area contributed by atoms with Gasteiger partial charge in [0.1, 0.15) is 0 Å². The summed E-state index contributed by atoms with van der Waals surface area (Å²) in [4.78, 5) is 13.8. The summed E-state index contributed by atoms with van der Waals surface area (Å²) in [7, 11) is 1.86. The van der Waals surface area contributed by atoms with E-state index < -0.39 is 0 Å². The van der Waals surface area contributed by atoms with E-state index in [0.29, 0.717) is 12.3 Å². The van der Waals surface area contributed by atoms with Gasteiger partial charge in [-0.2, -0.15) is 0 Å². The highest BCUT2D eigenvalue weighted by atomic mass is 79.9. The maximum absolute atomic E-state index is 11.9. The van der Waals surface area contributed by atoms with Crippen LogP contribution in [0.5, 0.6) is 0 Å². The summed E-state index contributed by atoms with van der Waals surface area (Å²) in [5.74, 6) is 0.875. The van der Waals surface area contributed by atoms with Gasteiger partial charge in [0.15, 0.2) is 0 Å². The molecule has 0 aliphatic carbocycles. The molecule has 0 atom stereocenters. The molecule has 1 rings (SSSR count). The van der Waals surface area contributed by atoms with E-state index in [9.17, 15) is 4.79 Å². The van der Waals surface area contributed by atoms with Crippen molar-refractivity contribution in [3.63, 3.8) is 0 Å². The van der Waals surface area contributed by atoms with Gasteiger partial charge in [-0.25, -0.2) is 0 Å². The zero-order valence-corrected chi connectivity index (χ0v) is 13.0. The Morgan fingerprint density at radius 2 is 1.89 bits per heavy atom. The van der Waals surface area contributed by atoms with Gasteiger partial charge in [0.25, 0.3) is 0 Å². The van der Waals surface area contributed by atoms with E-state index in [-0.39, 0.29) is 5.91 Å². The van der Waals surface area contributed by atoms with Crippen LogP contribution >= 0.6 is 27.5 Å². The summed E-state index contributed by atoms with van der Waals surface area (Å²) >= 11 is 9.00. The number of rotatable bonds is 7. The standard InChI is InChI=1S/C14H19BrClNO/c1-17(10-4-2-3-9-16)14(18)11-12-5-7-13(15)8-6-12/h5-8H,2-4,9-11H2,1H3. The van der Waals surface area contributed by atoms with Crippen molar-refractivity contribution in [2.45, 2.75) is 25.7 Å². The second kappa shape index (κ2) is 8.54. The Kier molecular flexibility index (Phi) is 7.36. The molecule has 0 aromatic heterocycles. The third-order valence-corrected chi connectivity index (χ3v) is 3.62. The minimum Gasteiger partial charge on any atom is -0.345 e. The number of likely N-dealkylation sites (N-methyl/N-ethyl adjacent to an activating group) is 1. The summed E-state index contributed by atoms with van der Waals surface area (Å²) < 4.78 is 1.04. The average molecular weight is 333 g/mol. The number of hydrogen-bond acceptors (Lipinski definition) is 1.